The van der Waals surface area contributed by atoms with Gasteiger partial charge < -0.3 is 5.32 Å². The quantitative estimate of drug-likeness (QED) is 0.732. The monoisotopic (exact) mass is 337 g/mol. The molecule has 0 aliphatic heterocycles. The van der Waals surface area contributed by atoms with Crippen LogP contribution in [0.4, 0.5) is 0 Å². The SMILES string of the molecule is CN(CCCNC(=O)c1ccc(-n2ccnc2)nc1)S(C)(=O)=O. The van der Waals surface area contributed by atoms with E-state index in [4.69, 9.17) is 0 Å². The number of aromatic nitrogens is 3. The van der Waals surface area contributed by atoms with Crippen molar-refractivity contribution in [2.45, 2.75) is 6.42 Å². The molecule has 8 nitrogen and oxygen atoms in total. The van der Waals surface area contributed by atoms with Crippen LogP contribution in [-0.4, -0.2) is 59.6 Å². The summed E-state index contributed by atoms with van der Waals surface area (Å²) in [5.41, 5.74) is 0.449. The van der Waals surface area contributed by atoms with Gasteiger partial charge in [-0.1, -0.05) is 0 Å². The molecule has 9 heteroatoms. The molecule has 0 aliphatic carbocycles. The van der Waals surface area contributed by atoms with Crippen molar-refractivity contribution < 1.29 is 13.2 Å². The van der Waals surface area contributed by atoms with Crippen LogP contribution in [0.5, 0.6) is 0 Å². The molecule has 2 aromatic rings. The second-order valence-corrected chi connectivity index (χ2v) is 7.16. The van der Waals surface area contributed by atoms with Crippen LogP contribution in [0.25, 0.3) is 5.82 Å². The van der Waals surface area contributed by atoms with Gasteiger partial charge in [-0.2, -0.15) is 0 Å². The first-order valence-electron chi connectivity index (χ1n) is 7.02. The van der Waals surface area contributed by atoms with Crippen molar-refractivity contribution in [2.75, 3.05) is 26.4 Å². The molecular formula is C14H19N5O3S. The zero-order chi connectivity index (χ0) is 16.9. The number of carbonyl (C=O) groups excluding carboxylic acids is 1. The van der Waals surface area contributed by atoms with Crippen LogP contribution < -0.4 is 5.32 Å². The lowest BCUT2D eigenvalue weighted by molar-refractivity contribution is 0.0952. The van der Waals surface area contributed by atoms with Crippen molar-refractivity contribution in [1.29, 1.82) is 0 Å². The standard InChI is InChI=1S/C14H19N5O3S/c1-18(23(2,21)22)8-3-6-16-14(20)12-4-5-13(17-10-12)19-9-7-15-11-19/h4-5,7,9-11H,3,6,8H2,1-2H3,(H,16,20). The predicted octanol–water partition coefficient (Wildman–Crippen LogP) is 0.279. The summed E-state index contributed by atoms with van der Waals surface area (Å²) in [5.74, 6) is 0.436. The van der Waals surface area contributed by atoms with Crippen LogP contribution in [0.15, 0.2) is 37.1 Å². The van der Waals surface area contributed by atoms with E-state index in [2.05, 4.69) is 15.3 Å². The second kappa shape index (κ2) is 7.34. The molecule has 0 spiro atoms. The summed E-state index contributed by atoms with van der Waals surface area (Å²) in [5, 5.41) is 2.74. The van der Waals surface area contributed by atoms with Gasteiger partial charge in [-0.05, 0) is 18.6 Å². The smallest absolute Gasteiger partial charge is 0.252 e. The number of pyridine rings is 1. The number of hydrogen-bond acceptors (Lipinski definition) is 5. The van der Waals surface area contributed by atoms with E-state index in [-0.39, 0.29) is 5.91 Å². The largest absolute Gasteiger partial charge is 0.352 e. The van der Waals surface area contributed by atoms with Crippen LogP contribution in [0.1, 0.15) is 16.8 Å². The fraction of sp³-hybridized carbons (Fsp3) is 0.357. The molecule has 0 aliphatic rings. The molecule has 0 atom stereocenters. The number of rotatable bonds is 7. The van der Waals surface area contributed by atoms with Gasteiger partial charge >= 0.3 is 0 Å². The molecule has 0 radical (unpaired) electrons. The molecule has 0 aromatic carbocycles. The van der Waals surface area contributed by atoms with E-state index in [0.29, 0.717) is 30.9 Å². The Morgan fingerprint density at radius 3 is 2.74 bits per heavy atom. The van der Waals surface area contributed by atoms with Crippen LogP contribution in [-0.2, 0) is 10.0 Å². The van der Waals surface area contributed by atoms with Crippen LogP contribution >= 0.6 is 0 Å². The zero-order valence-electron chi connectivity index (χ0n) is 13.0. The van der Waals surface area contributed by atoms with E-state index in [1.165, 1.54) is 17.5 Å². The molecule has 124 valence electrons. The lowest BCUT2D eigenvalue weighted by atomic mass is 10.2. The first-order chi connectivity index (χ1) is 10.9. The third kappa shape index (κ3) is 4.86. The van der Waals surface area contributed by atoms with Crippen molar-refractivity contribution >= 4 is 15.9 Å². The van der Waals surface area contributed by atoms with Crippen molar-refractivity contribution in [3.05, 3.63) is 42.6 Å². The maximum absolute atomic E-state index is 12.0. The minimum absolute atomic E-state index is 0.239. The second-order valence-electron chi connectivity index (χ2n) is 5.07. The molecule has 23 heavy (non-hydrogen) atoms. The van der Waals surface area contributed by atoms with E-state index in [1.807, 2.05) is 0 Å². The highest BCUT2D eigenvalue weighted by atomic mass is 32.2. The van der Waals surface area contributed by atoms with E-state index >= 15 is 0 Å². The average molecular weight is 337 g/mol. The van der Waals surface area contributed by atoms with Gasteiger partial charge in [-0.3, -0.25) is 9.36 Å². The summed E-state index contributed by atoms with van der Waals surface area (Å²) in [6.07, 6.45) is 8.22. The first-order valence-corrected chi connectivity index (χ1v) is 8.86. The molecule has 1 amide bonds. The van der Waals surface area contributed by atoms with Gasteiger partial charge in [0, 0.05) is 38.7 Å². The average Bonchev–Trinajstić information content (AvgIpc) is 3.04. The third-order valence-corrected chi connectivity index (χ3v) is 4.60. The number of imidazole rings is 1. The summed E-state index contributed by atoms with van der Waals surface area (Å²) in [6.45, 7) is 0.749. The minimum Gasteiger partial charge on any atom is -0.352 e. The molecular weight excluding hydrogens is 318 g/mol. The number of amides is 1. The number of nitrogens with zero attached hydrogens (tertiary/aromatic N) is 4. The molecule has 0 saturated heterocycles. The Morgan fingerprint density at radius 1 is 1.39 bits per heavy atom. The fourth-order valence-corrected chi connectivity index (χ4v) is 2.30. The zero-order valence-corrected chi connectivity index (χ0v) is 13.8. The lowest BCUT2D eigenvalue weighted by Crippen LogP contribution is -2.31. The predicted molar refractivity (Wildman–Crippen MR) is 85.8 cm³/mol. The number of nitrogens with one attached hydrogen (secondary N) is 1. The van der Waals surface area contributed by atoms with E-state index in [9.17, 15) is 13.2 Å². The number of carbonyl (C=O) groups is 1. The highest BCUT2D eigenvalue weighted by Crippen LogP contribution is 2.05. The lowest BCUT2D eigenvalue weighted by Gasteiger charge is -2.13. The van der Waals surface area contributed by atoms with Gasteiger partial charge in [0.15, 0.2) is 0 Å². The number of sulfonamides is 1. The molecule has 1 N–H and O–H groups in total. The normalized spacial score (nSPS) is 11.6. The molecule has 0 unspecified atom stereocenters. The molecule has 2 aromatic heterocycles. The fourth-order valence-electron chi connectivity index (χ4n) is 1.84. The van der Waals surface area contributed by atoms with Gasteiger partial charge in [-0.25, -0.2) is 22.7 Å². The Labute approximate surface area is 135 Å². The summed E-state index contributed by atoms with van der Waals surface area (Å²) in [7, 11) is -1.67. The molecule has 0 saturated carbocycles. The van der Waals surface area contributed by atoms with Crippen molar-refractivity contribution in [3.63, 3.8) is 0 Å². The summed E-state index contributed by atoms with van der Waals surface area (Å²) >= 11 is 0. The van der Waals surface area contributed by atoms with E-state index in [0.717, 1.165) is 6.26 Å². The molecule has 2 heterocycles. The van der Waals surface area contributed by atoms with Gasteiger partial charge in [-0.15, -0.1) is 0 Å². The Bertz CT molecular complexity index is 741. The van der Waals surface area contributed by atoms with Crippen molar-refractivity contribution in [3.8, 4) is 5.82 Å². The highest BCUT2D eigenvalue weighted by molar-refractivity contribution is 7.88. The van der Waals surface area contributed by atoms with Crippen LogP contribution in [0.3, 0.4) is 0 Å². The molecule has 0 fully saturated rings. The molecule has 2 rings (SSSR count). The summed E-state index contributed by atoms with van der Waals surface area (Å²) in [6, 6.07) is 3.41. The first kappa shape index (κ1) is 17.1. The van der Waals surface area contributed by atoms with Gasteiger partial charge in [0.25, 0.3) is 5.91 Å². The van der Waals surface area contributed by atoms with Crippen LogP contribution in [0, 0.1) is 0 Å². The Kier molecular flexibility index (Phi) is 5.45. The van der Waals surface area contributed by atoms with Gasteiger partial charge in [0.05, 0.1) is 11.8 Å². The maximum atomic E-state index is 12.0. The Balaban J connectivity index is 1.82. The van der Waals surface area contributed by atoms with Crippen molar-refractivity contribution in [2.24, 2.45) is 0 Å². The van der Waals surface area contributed by atoms with E-state index in [1.54, 1.807) is 35.4 Å². The van der Waals surface area contributed by atoms with Crippen LogP contribution in [0.2, 0.25) is 0 Å². The van der Waals surface area contributed by atoms with Gasteiger partial charge in [0.1, 0.15) is 12.1 Å². The van der Waals surface area contributed by atoms with Gasteiger partial charge in [0.2, 0.25) is 10.0 Å². The third-order valence-electron chi connectivity index (χ3n) is 3.28. The maximum Gasteiger partial charge on any atom is 0.252 e. The Morgan fingerprint density at radius 2 is 2.17 bits per heavy atom. The summed E-state index contributed by atoms with van der Waals surface area (Å²) < 4.78 is 25.5. The minimum atomic E-state index is -3.18. The highest BCUT2D eigenvalue weighted by Gasteiger charge is 2.10. The number of hydrogen-bond donors (Lipinski definition) is 1. The molecule has 0 bridgehead atoms. The summed E-state index contributed by atoms with van der Waals surface area (Å²) in [4.78, 5) is 20.1. The Hall–Kier alpha value is -2.26. The van der Waals surface area contributed by atoms with Crippen molar-refractivity contribution in [1.82, 2.24) is 24.2 Å². The topological polar surface area (TPSA) is 97.2 Å². The van der Waals surface area contributed by atoms with E-state index < -0.39 is 10.0 Å².